The van der Waals surface area contributed by atoms with Gasteiger partial charge in [0, 0.05) is 18.3 Å². The van der Waals surface area contributed by atoms with Gasteiger partial charge in [-0.25, -0.2) is 26.9 Å². The third kappa shape index (κ3) is 3.25. The van der Waals surface area contributed by atoms with E-state index in [1.165, 1.54) is 35.6 Å². The fraction of sp³-hybridized carbons (Fsp3) is 0.176. The number of aliphatic carboxylic acids is 1. The summed E-state index contributed by atoms with van der Waals surface area (Å²) in [6, 6.07) is 6.36. The summed E-state index contributed by atoms with van der Waals surface area (Å²) >= 11 is 0. The predicted octanol–water partition coefficient (Wildman–Crippen LogP) is 2.46. The first-order chi connectivity index (χ1) is 11.8. The Morgan fingerprint density at radius 2 is 2.00 bits per heavy atom. The Bertz CT molecular complexity index is 969. The van der Waals surface area contributed by atoms with E-state index in [0.29, 0.717) is 17.8 Å². The van der Waals surface area contributed by atoms with Gasteiger partial charge in [0.25, 0.3) is 10.0 Å². The number of carbonyl (C=O) groups is 1. The molecule has 0 saturated carbocycles. The first-order valence-corrected chi connectivity index (χ1v) is 8.92. The molecule has 8 heteroatoms. The minimum Gasteiger partial charge on any atom is -0.478 e. The predicted molar refractivity (Wildman–Crippen MR) is 90.2 cm³/mol. The van der Waals surface area contributed by atoms with Crippen molar-refractivity contribution in [3.63, 3.8) is 0 Å². The number of halogens is 1. The molecule has 0 spiro atoms. The van der Waals surface area contributed by atoms with Gasteiger partial charge in [0.2, 0.25) is 0 Å². The highest BCUT2D eigenvalue weighted by molar-refractivity contribution is 7.92. The van der Waals surface area contributed by atoms with Crippen LogP contribution in [0.1, 0.15) is 18.1 Å². The van der Waals surface area contributed by atoms with Crippen LogP contribution in [0.3, 0.4) is 0 Å². The molecule has 1 aliphatic rings. The van der Waals surface area contributed by atoms with Crippen molar-refractivity contribution in [1.29, 1.82) is 0 Å². The first kappa shape index (κ1) is 17.1. The summed E-state index contributed by atoms with van der Waals surface area (Å²) in [4.78, 5) is 15.1. The molecule has 1 aromatic carbocycles. The standard InChI is InChI=1S/C17H15FN2O4S/c1-11(17(21)22)8-12-9-13-6-7-20(16(13)19-10-12)25(23,24)15-4-2-14(18)3-5-15/h2-5,8-10H,6-7H2,1H3,(H,21,22)/b11-8+. The fourth-order valence-corrected chi connectivity index (χ4v) is 4.07. The Balaban J connectivity index is 1.96. The van der Waals surface area contributed by atoms with Gasteiger partial charge in [0.1, 0.15) is 11.6 Å². The number of nitrogens with zero attached hydrogens (tertiary/aromatic N) is 2. The van der Waals surface area contributed by atoms with E-state index in [1.54, 1.807) is 6.07 Å². The third-order valence-electron chi connectivity index (χ3n) is 3.91. The quantitative estimate of drug-likeness (QED) is 0.844. The lowest BCUT2D eigenvalue weighted by atomic mass is 10.1. The van der Waals surface area contributed by atoms with E-state index >= 15 is 0 Å². The molecule has 0 bridgehead atoms. The summed E-state index contributed by atoms with van der Waals surface area (Å²) in [5.41, 5.74) is 1.48. The molecular weight excluding hydrogens is 347 g/mol. The molecule has 2 heterocycles. The maximum atomic E-state index is 13.0. The van der Waals surface area contributed by atoms with Crippen LogP contribution in [0.15, 0.2) is 47.0 Å². The van der Waals surface area contributed by atoms with Crippen LogP contribution in [-0.2, 0) is 21.2 Å². The number of sulfonamides is 1. The molecule has 0 radical (unpaired) electrons. The highest BCUT2D eigenvalue weighted by Crippen LogP contribution is 2.32. The fourth-order valence-electron chi connectivity index (χ4n) is 2.62. The molecule has 3 rings (SSSR count). The van der Waals surface area contributed by atoms with E-state index in [4.69, 9.17) is 5.11 Å². The lowest BCUT2D eigenvalue weighted by Gasteiger charge is -2.18. The van der Waals surface area contributed by atoms with Gasteiger partial charge in [-0.15, -0.1) is 0 Å². The Hall–Kier alpha value is -2.74. The highest BCUT2D eigenvalue weighted by atomic mass is 32.2. The molecular formula is C17H15FN2O4S. The summed E-state index contributed by atoms with van der Waals surface area (Å²) in [5, 5.41) is 8.93. The number of anilines is 1. The van der Waals surface area contributed by atoms with Crippen molar-refractivity contribution < 1.29 is 22.7 Å². The molecule has 1 N–H and O–H groups in total. The number of benzene rings is 1. The Kier molecular flexibility index (Phi) is 4.30. The SMILES string of the molecule is C/C(=C\c1cnc2c(c1)CCN2S(=O)(=O)c1ccc(F)cc1)C(=O)O. The normalized spacial score (nSPS) is 14.5. The smallest absolute Gasteiger partial charge is 0.331 e. The minimum atomic E-state index is -3.82. The van der Waals surface area contributed by atoms with Crippen molar-refractivity contribution in [2.75, 3.05) is 10.8 Å². The molecule has 0 saturated heterocycles. The van der Waals surface area contributed by atoms with Gasteiger partial charge in [0.05, 0.1) is 4.90 Å². The number of pyridine rings is 1. The third-order valence-corrected chi connectivity index (χ3v) is 5.71. The second-order valence-electron chi connectivity index (χ2n) is 5.66. The van der Waals surface area contributed by atoms with Gasteiger partial charge >= 0.3 is 5.97 Å². The molecule has 2 aromatic rings. The minimum absolute atomic E-state index is 0.00533. The van der Waals surface area contributed by atoms with Crippen molar-refractivity contribution in [2.24, 2.45) is 0 Å². The molecule has 0 amide bonds. The number of carboxylic acids is 1. The zero-order valence-corrected chi connectivity index (χ0v) is 14.1. The van der Waals surface area contributed by atoms with Crippen LogP contribution in [0.5, 0.6) is 0 Å². The molecule has 1 aromatic heterocycles. The van der Waals surface area contributed by atoms with E-state index in [0.717, 1.165) is 17.7 Å². The maximum absolute atomic E-state index is 13.0. The Morgan fingerprint density at radius 3 is 2.64 bits per heavy atom. The molecule has 6 nitrogen and oxygen atoms in total. The van der Waals surface area contributed by atoms with Gasteiger partial charge < -0.3 is 5.11 Å². The molecule has 0 atom stereocenters. The van der Waals surface area contributed by atoms with Crippen molar-refractivity contribution >= 4 is 27.9 Å². The average Bonchev–Trinajstić information content (AvgIpc) is 2.99. The second kappa shape index (κ2) is 6.29. The van der Waals surface area contributed by atoms with Crippen molar-refractivity contribution in [3.8, 4) is 0 Å². The largest absolute Gasteiger partial charge is 0.478 e. The first-order valence-electron chi connectivity index (χ1n) is 7.48. The number of fused-ring (bicyclic) bond motifs is 1. The summed E-state index contributed by atoms with van der Waals surface area (Å²) in [5.74, 6) is -1.22. The van der Waals surface area contributed by atoms with Crippen molar-refractivity contribution in [3.05, 3.63) is 59.0 Å². The van der Waals surface area contributed by atoms with Gasteiger partial charge in [-0.3, -0.25) is 0 Å². The van der Waals surface area contributed by atoms with E-state index in [1.807, 2.05) is 0 Å². The van der Waals surface area contributed by atoms with Gasteiger partial charge in [-0.05, 0) is 60.9 Å². The van der Waals surface area contributed by atoms with Crippen LogP contribution >= 0.6 is 0 Å². The van der Waals surface area contributed by atoms with Gasteiger partial charge in [0.15, 0.2) is 0 Å². The summed E-state index contributed by atoms with van der Waals surface area (Å²) in [7, 11) is -3.82. The molecule has 0 aliphatic carbocycles. The Labute approximate surface area is 144 Å². The van der Waals surface area contributed by atoms with Gasteiger partial charge in [-0.2, -0.15) is 0 Å². The summed E-state index contributed by atoms with van der Waals surface area (Å²) < 4.78 is 39.7. The van der Waals surface area contributed by atoms with Gasteiger partial charge in [-0.1, -0.05) is 0 Å². The van der Waals surface area contributed by atoms with E-state index in [2.05, 4.69) is 4.98 Å². The van der Waals surface area contributed by atoms with Crippen LogP contribution in [0.25, 0.3) is 6.08 Å². The zero-order chi connectivity index (χ0) is 18.2. The molecule has 0 fully saturated rings. The number of hydrogen-bond acceptors (Lipinski definition) is 4. The summed E-state index contributed by atoms with van der Waals surface area (Å²) in [6.45, 7) is 1.70. The second-order valence-corrected chi connectivity index (χ2v) is 7.53. The number of carboxylic acid groups (broad SMARTS) is 1. The van der Waals surface area contributed by atoms with Crippen molar-refractivity contribution in [2.45, 2.75) is 18.2 Å². The monoisotopic (exact) mass is 362 g/mol. The summed E-state index contributed by atoms with van der Waals surface area (Å²) in [6.07, 6.45) is 3.38. The van der Waals surface area contributed by atoms with E-state index in [9.17, 15) is 17.6 Å². The maximum Gasteiger partial charge on any atom is 0.331 e. The Morgan fingerprint density at radius 1 is 1.32 bits per heavy atom. The van der Waals surface area contributed by atoms with E-state index < -0.39 is 21.8 Å². The lowest BCUT2D eigenvalue weighted by molar-refractivity contribution is -0.132. The number of aromatic nitrogens is 1. The lowest BCUT2D eigenvalue weighted by Crippen LogP contribution is -2.29. The zero-order valence-electron chi connectivity index (χ0n) is 13.3. The number of hydrogen-bond donors (Lipinski definition) is 1. The van der Waals surface area contributed by atoms with Crippen LogP contribution in [0, 0.1) is 5.82 Å². The topological polar surface area (TPSA) is 87.6 Å². The molecule has 25 heavy (non-hydrogen) atoms. The van der Waals surface area contributed by atoms with Crippen LogP contribution in [0.2, 0.25) is 0 Å². The molecule has 0 unspecified atom stereocenters. The number of rotatable bonds is 4. The molecule has 130 valence electrons. The molecule has 1 aliphatic heterocycles. The van der Waals surface area contributed by atoms with E-state index in [-0.39, 0.29) is 17.0 Å². The van der Waals surface area contributed by atoms with Crippen molar-refractivity contribution in [1.82, 2.24) is 4.98 Å². The highest BCUT2D eigenvalue weighted by Gasteiger charge is 2.32. The van der Waals surface area contributed by atoms with Crippen LogP contribution in [-0.4, -0.2) is 31.0 Å². The average molecular weight is 362 g/mol. The van der Waals surface area contributed by atoms with Crippen LogP contribution < -0.4 is 4.31 Å². The van der Waals surface area contributed by atoms with Crippen LogP contribution in [0.4, 0.5) is 10.2 Å².